The topological polar surface area (TPSA) is 17.0 Å². The second-order valence-electron chi connectivity index (χ2n) is 8.90. The third kappa shape index (κ3) is 2.18. The van der Waals surface area contributed by atoms with Gasteiger partial charge >= 0.3 is 0 Å². The van der Waals surface area contributed by atoms with E-state index in [9.17, 15) is 0 Å². The highest BCUT2D eigenvalue weighted by Gasteiger charge is 2.34. The highest BCUT2D eigenvalue weighted by molar-refractivity contribution is 8.00. The second kappa shape index (κ2) is 6.17. The average molecular weight is 481 g/mol. The Bertz CT molecular complexity index is 1990. The van der Waals surface area contributed by atoms with Crippen LogP contribution in [0.2, 0.25) is 0 Å². The van der Waals surface area contributed by atoms with Gasteiger partial charge in [-0.1, -0.05) is 30.0 Å². The molecule has 3 aromatic carbocycles. The van der Waals surface area contributed by atoms with Crippen LogP contribution < -0.4 is 4.57 Å². The van der Waals surface area contributed by atoms with Crippen molar-refractivity contribution in [3.05, 3.63) is 65.2 Å². The second-order valence-corrected chi connectivity index (χ2v) is 11.9. The molecule has 0 unspecified atom stereocenters. The van der Waals surface area contributed by atoms with Gasteiger partial charge in [0.25, 0.3) is 0 Å². The van der Waals surface area contributed by atoms with Gasteiger partial charge in [0, 0.05) is 42.3 Å². The molecule has 0 spiro atoms. The Hall–Kier alpha value is -2.86. The maximum absolute atomic E-state index is 6.43. The van der Waals surface area contributed by atoms with Gasteiger partial charge in [0.15, 0.2) is 6.20 Å². The molecule has 158 valence electrons. The molecule has 0 saturated heterocycles. The molecule has 5 heterocycles. The van der Waals surface area contributed by atoms with Gasteiger partial charge in [-0.3, -0.25) is 0 Å². The first-order valence-electron chi connectivity index (χ1n) is 11.0. The highest BCUT2D eigenvalue weighted by Crippen LogP contribution is 2.56. The zero-order valence-electron chi connectivity index (χ0n) is 18.3. The summed E-state index contributed by atoms with van der Waals surface area (Å²) in [6, 6.07) is 15.4. The van der Waals surface area contributed by atoms with E-state index >= 15 is 0 Å². The molecule has 0 saturated carbocycles. The molecule has 0 amide bonds. The summed E-state index contributed by atoms with van der Waals surface area (Å²) in [5.74, 6) is 0. The number of rotatable bonds is 0. The van der Waals surface area contributed by atoms with Crippen LogP contribution in [0.1, 0.15) is 11.1 Å². The SMILES string of the molecule is Cc1c2c(c(C)c3c1oc1ccccc13)-c1c3c(c4sc5ccsc5c4cc3cc[n+]1C)S2. The van der Waals surface area contributed by atoms with Crippen LogP contribution in [0.15, 0.2) is 68.2 Å². The smallest absolute Gasteiger partial charge is 0.222 e. The molecule has 1 aliphatic rings. The van der Waals surface area contributed by atoms with E-state index in [0.29, 0.717) is 0 Å². The molecule has 4 aromatic heterocycles. The molecule has 33 heavy (non-hydrogen) atoms. The van der Waals surface area contributed by atoms with Gasteiger partial charge in [-0.15, -0.1) is 22.7 Å². The first-order valence-corrected chi connectivity index (χ1v) is 13.5. The summed E-state index contributed by atoms with van der Waals surface area (Å²) in [6.45, 7) is 4.50. The molecule has 7 aromatic rings. The third-order valence-corrected chi connectivity index (χ3v) is 10.8. The number of para-hydroxylation sites is 1. The van der Waals surface area contributed by atoms with Gasteiger partial charge in [0.2, 0.25) is 5.69 Å². The van der Waals surface area contributed by atoms with Crippen LogP contribution in [-0.2, 0) is 7.05 Å². The zero-order chi connectivity index (χ0) is 22.0. The Kier molecular flexibility index (Phi) is 3.47. The number of benzene rings is 3. The Labute approximate surface area is 202 Å². The minimum Gasteiger partial charge on any atom is -0.456 e. The first-order chi connectivity index (χ1) is 16.1. The lowest BCUT2D eigenvalue weighted by Crippen LogP contribution is -2.31. The van der Waals surface area contributed by atoms with Gasteiger partial charge < -0.3 is 4.42 Å². The van der Waals surface area contributed by atoms with Crippen molar-refractivity contribution in [2.75, 3.05) is 0 Å². The van der Waals surface area contributed by atoms with E-state index in [4.69, 9.17) is 4.42 Å². The quantitative estimate of drug-likeness (QED) is 0.202. The number of hydrogen-bond acceptors (Lipinski definition) is 4. The van der Waals surface area contributed by atoms with Crippen LogP contribution in [0.3, 0.4) is 0 Å². The summed E-state index contributed by atoms with van der Waals surface area (Å²) in [5, 5.41) is 8.76. The molecule has 5 heteroatoms. The van der Waals surface area contributed by atoms with Crippen molar-refractivity contribution in [3.63, 3.8) is 0 Å². The monoisotopic (exact) mass is 480 g/mol. The fourth-order valence-electron chi connectivity index (χ4n) is 5.61. The summed E-state index contributed by atoms with van der Waals surface area (Å²) in [6.07, 6.45) is 2.22. The lowest BCUT2D eigenvalue weighted by molar-refractivity contribution is -0.659. The number of furan rings is 1. The molecule has 2 nitrogen and oxygen atoms in total. The molecule has 0 bridgehead atoms. The van der Waals surface area contributed by atoms with E-state index in [1.54, 1.807) is 0 Å². The van der Waals surface area contributed by atoms with E-state index < -0.39 is 0 Å². The molecule has 1 aliphatic heterocycles. The summed E-state index contributed by atoms with van der Waals surface area (Å²) in [5.41, 5.74) is 7.22. The van der Waals surface area contributed by atoms with Gasteiger partial charge in [-0.25, -0.2) is 4.57 Å². The van der Waals surface area contributed by atoms with Crippen molar-refractivity contribution in [1.82, 2.24) is 0 Å². The molecule has 0 fully saturated rings. The van der Waals surface area contributed by atoms with E-state index in [-0.39, 0.29) is 0 Å². The van der Waals surface area contributed by atoms with Crippen molar-refractivity contribution >= 4 is 86.6 Å². The highest BCUT2D eigenvalue weighted by atomic mass is 32.2. The number of hydrogen-bond donors (Lipinski definition) is 0. The van der Waals surface area contributed by atoms with Crippen LogP contribution in [0, 0.1) is 13.8 Å². The zero-order valence-corrected chi connectivity index (χ0v) is 20.7. The van der Waals surface area contributed by atoms with Crippen molar-refractivity contribution < 1.29 is 8.98 Å². The number of pyridine rings is 1. The summed E-state index contributed by atoms with van der Waals surface area (Å²) >= 11 is 5.72. The number of aromatic nitrogens is 1. The molecule has 0 atom stereocenters. The minimum atomic E-state index is 0.965. The van der Waals surface area contributed by atoms with Gasteiger partial charge in [0.05, 0.1) is 20.3 Å². The maximum Gasteiger partial charge on any atom is 0.222 e. The van der Waals surface area contributed by atoms with Gasteiger partial charge in [0.1, 0.15) is 18.2 Å². The van der Waals surface area contributed by atoms with Crippen LogP contribution in [-0.4, -0.2) is 0 Å². The molecule has 0 radical (unpaired) electrons. The van der Waals surface area contributed by atoms with Crippen LogP contribution in [0.5, 0.6) is 0 Å². The number of fused-ring (bicyclic) bond motifs is 9. The third-order valence-electron chi connectivity index (χ3n) is 7.11. The predicted octanol–water partition coefficient (Wildman–Crippen LogP) is 8.74. The Morgan fingerprint density at radius 2 is 1.76 bits per heavy atom. The summed E-state index contributed by atoms with van der Waals surface area (Å²) < 4.78 is 13.0. The normalized spacial score (nSPS) is 13.2. The van der Waals surface area contributed by atoms with Crippen molar-refractivity contribution in [1.29, 1.82) is 0 Å². The summed E-state index contributed by atoms with van der Waals surface area (Å²) in [7, 11) is 2.18. The predicted molar refractivity (Wildman–Crippen MR) is 142 cm³/mol. The molecule has 0 N–H and O–H groups in total. The number of aryl methyl sites for hydroxylation is 3. The lowest BCUT2D eigenvalue weighted by Gasteiger charge is -2.22. The Balaban J connectivity index is 1.62. The largest absolute Gasteiger partial charge is 0.456 e. The van der Waals surface area contributed by atoms with Gasteiger partial charge in [-0.05, 0) is 48.4 Å². The number of thiophene rings is 2. The average Bonchev–Trinajstić information content (AvgIpc) is 3.52. The molecular weight excluding hydrogens is 463 g/mol. The van der Waals surface area contributed by atoms with Gasteiger partial charge in [-0.2, -0.15) is 0 Å². The van der Waals surface area contributed by atoms with E-state index in [1.165, 1.54) is 73.2 Å². The lowest BCUT2D eigenvalue weighted by atomic mass is 9.93. The Morgan fingerprint density at radius 1 is 0.879 bits per heavy atom. The van der Waals surface area contributed by atoms with Crippen LogP contribution in [0.25, 0.3) is 63.5 Å². The molecule has 8 rings (SSSR count). The van der Waals surface area contributed by atoms with Crippen molar-refractivity contribution in [2.24, 2.45) is 7.05 Å². The van der Waals surface area contributed by atoms with Crippen LogP contribution in [0.4, 0.5) is 0 Å². The number of nitrogens with zero attached hydrogens (tertiary/aromatic N) is 1. The maximum atomic E-state index is 6.43. The summed E-state index contributed by atoms with van der Waals surface area (Å²) in [4.78, 5) is 2.73. The standard InChI is InChI=1S/C28H18NOS3/c1-13-20-16-6-4-5-7-18(16)30-24(20)14(2)25-21(13)23-22-15(8-10-29(23)3)12-17-26-19(9-11-31-26)32-27(17)28(22)33-25/h4-12H,1-3H3/q+1. The minimum absolute atomic E-state index is 0.965. The molecule has 0 aliphatic carbocycles. The molecular formula is C28H18NOS3+. The fraction of sp³-hybridized carbons (Fsp3) is 0.107. The van der Waals surface area contributed by atoms with E-state index in [2.05, 4.69) is 79.5 Å². The van der Waals surface area contributed by atoms with Crippen molar-refractivity contribution in [2.45, 2.75) is 23.6 Å². The Morgan fingerprint density at radius 3 is 2.67 bits per heavy atom. The van der Waals surface area contributed by atoms with Crippen molar-refractivity contribution in [3.8, 4) is 11.3 Å². The van der Waals surface area contributed by atoms with E-state index in [1.807, 2.05) is 34.4 Å². The van der Waals surface area contributed by atoms with E-state index in [0.717, 1.165) is 11.2 Å². The van der Waals surface area contributed by atoms with Crippen LogP contribution >= 0.6 is 34.4 Å². The fourth-order valence-corrected chi connectivity index (χ4v) is 9.44. The first kappa shape index (κ1) is 18.6.